The second-order valence-corrected chi connectivity index (χ2v) is 5.36. The molecule has 0 aliphatic carbocycles. The molecule has 0 atom stereocenters. The van der Waals surface area contributed by atoms with Crippen LogP contribution in [0.5, 0.6) is 0 Å². The summed E-state index contributed by atoms with van der Waals surface area (Å²) in [5.41, 5.74) is 2.09. The summed E-state index contributed by atoms with van der Waals surface area (Å²) in [6.45, 7) is 4.27. The van der Waals surface area contributed by atoms with E-state index in [1.165, 1.54) is 11.6 Å². The van der Waals surface area contributed by atoms with Gasteiger partial charge >= 0.3 is 0 Å². The maximum atomic E-state index is 13.7. The van der Waals surface area contributed by atoms with E-state index < -0.39 is 5.82 Å². The zero-order valence-corrected chi connectivity index (χ0v) is 12.2. The van der Waals surface area contributed by atoms with Crippen LogP contribution in [0.2, 0.25) is 0 Å². The normalized spacial score (nSPS) is 15.5. The van der Waals surface area contributed by atoms with Gasteiger partial charge < -0.3 is 4.90 Å². The number of pyridine rings is 1. The molecule has 3 rings (SSSR count). The van der Waals surface area contributed by atoms with E-state index in [0.717, 1.165) is 32.7 Å². The van der Waals surface area contributed by atoms with Gasteiger partial charge in [-0.15, -0.1) is 0 Å². The Morgan fingerprint density at radius 3 is 2.50 bits per heavy atom. The average molecular weight is 296 g/mol. The number of nitriles is 1. The number of anilines is 1. The van der Waals surface area contributed by atoms with Gasteiger partial charge in [0, 0.05) is 45.1 Å². The van der Waals surface area contributed by atoms with Crippen LogP contribution in [-0.2, 0) is 6.54 Å². The lowest BCUT2D eigenvalue weighted by molar-refractivity contribution is 0.249. The molecule has 0 N–H and O–H groups in total. The van der Waals surface area contributed by atoms with Gasteiger partial charge in [0.05, 0.1) is 5.69 Å². The minimum absolute atomic E-state index is 0.144. The van der Waals surface area contributed by atoms with Crippen molar-refractivity contribution in [2.24, 2.45) is 0 Å². The fourth-order valence-electron chi connectivity index (χ4n) is 2.78. The maximum Gasteiger partial charge on any atom is 0.143 e. The molecule has 1 saturated heterocycles. The lowest BCUT2D eigenvalue weighted by atomic mass is 10.1. The minimum atomic E-state index is -0.445. The smallest absolute Gasteiger partial charge is 0.143 e. The van der Waals surface area contributed by atoms with Crippen LogP contribution in [0.3, 0.4) is 0 Å². The largest absolute Gasteiger partial charge is 0.368 e. The zero-order chi connectivity index (χ0) is 15.4. The van der Waals surface area contributed by atoms with Crippen LogP contribution >= 0.6 is 0 Å². The summed E-state index contributed by atoms with van der Waals surface area (Å²) < 4.78 is 13.7. The van der Waals surface area contributed by atoms with Gasteiger partial charge in [-0.05, 0) is 29.8 Å². The van der Waals surface area contributed by atoms with Crippen LogP contribution in [0, 0.1) is 17.1 Å². The molecule has 0 radical (unpaired) electrons. The van der Waals surface area contributed by atoms with Gasteiger partial charge in [0.2, 0.25) is 0 Å². The summed E-state index contributed by atoms with van der Waals surface area (Å²) in [6, 6.07) is 10.8. The molecule has 0 amide bonds. The highest BCUT2D eigenvalue weighted by molar-refractivity contribution is 5.60. The first-order valence-corrected chi connectivity index (χ1v) is 7.33. The third kappa shape index (κ3) is 3.07. The number of halogens is 1. The number of hydrogen-bond acceptors (Lipinski definition) is 4. The van der Waals surface area contributed by atoms with Crippen molar-refractivity contribution in [1.29, 1.82) is 5.26 Å². The Balaban J connectivity index is 1.65. The van der Waals surface area contributed by atoms with Crippen molar-refractivity contribution >= 4 is 5.69 Å². The molecule has 5 heteroatoms. The van der Waals surface area contributed by atoms with Gasteiger partial charge in [-0.3, -0.25) is 9.88 Å². The zero-order valence-electron chi connectivity index (χ0n) is 12.2. The highest BCUT2D eigenvalue weighted by atomic mass is 19.1. The predicted octanol–water partition coefficient (Wildman–Crippen LogP) is 2.41. The molecular formula is C17H17FN4. The van der Waals surface area contributed by atoms with E-state index in [2.05, 4.69) is 14.8 Å². The molecule has 1 fully saturated rings. The summed E-state index contributed by atoms with van der Waals surface area (Å²) in [5, 5.41) is 9.14. The molecule has 0 bridgehead atoms. The molecule has 22 heavy (non-hydrogen) atoms. The molecule has 112 valence electrons. The first kappa shape index (κ1) is 14.5. The van der Waals surface area contributed by atoms with Crippen molar-refractivity contribution < 1.29 is 4.39 Å². The quantitative estimate of drug-likeness (QED) is 0.872. The number of piperazine rings is 1. The van der Waals surface area contributed by atoms with Gasteiger partial charge in [-0.1, -0.05) is 6.07 Å². The third-order valence-corrected chi connectivity index (χ3v) is 3.97. The lowest BCUT2D eigenvalue weighted by Gasteiger charge is -2.36. The minimum Gasteiger partial charge on any atom is -0.368 e. The van der Waals surface area contributed by atoms with Crippen molar-refractivity contribution in [2.75, 3.05) is 31.1 Å². The Kier molecular flexibility index (Phi) is 4.31. The number of benzene rings is 1. The van der Waals surface area contributed by atoms with Crippen LogP contribution in [-0.4, -0.2) is 36.1 Å². The van der Waals surface area contributed by atoms with E-state index in [1.807, 2.05) is 24.3 Å². The number of rotatable bonds is 3. The van der Waals surface area contributed by atoms with Crippen molar-refractivity contribution in [3.63, 3.8) is 0 Å². The maximum absolute atomic E-state index is 13.7. The molecule has 2 aromatic rings. The van der Waals surface area contributed by atoms with E-state index >= 15 is 0 Å². The monoisotopic (exact) mass is 296 g/mol. The Morgan fingerprint density at radius 1 is 1.09 bits per heavy atom. The van der Waals surface area contributed by atoms with Crippen LogP contribution in [0.25, 0.3) is 0 Å². The van der Waals surface area contributed by atoms with Gasteiger partial charge in [-0.25, -0.2) is 4.39 Å². The fraction of sp³-hybridized carbons (Fsp3) is 0.294. The predicted molar refractivity (Wildman–Crippen MR) is 82.8 cm³/mol. The highest BCUT2D eigenvalue weighted by Crippen LogP contribution is 2.24. The van der Waals surface area contributed by atoms with Crippen LogP contribution in [0.4, 0.5) is 10.1 Å². The van der Waals surface area contributed by atoms with E-state index in [1.54, 1.807) is 18.5 Å². The van der Waals surface area contributed by atoms with Crippen LogP contribution in [0.15, 0.2) is 42.7 Å². The van der Waals surface area contributed by atoms with Gasteiger partial charge in [0.15, 0.2) is 0 Å². The standard InChI is InChI=1S/C17H17FN4/c18-16-2-1-3-17(15(16)12-19)22-10-8-21(9-11-22)13-14-4-6-20-7-5-14/h1-7H,8-11,13H2. The Labute approximate surface area is 129 Å². The molecule has 4 nitrogen and oxygen atoms in total. The summed E-state index contributed by atoms with van der Waals surface area (Å²) >= 11 is 0. The van der Waals surface area contributed by atoms with Gasteiger partial charge in [0.1, 0.15) is 17.4 Å². The molecule has 0 unspecified atom stereocenters. The number of hydrogen-bond donors (Lipinski definition) is 0. The first-order chi connectivity index (χ1) is 10.8. The number of nitrogens with zero attached hydrogens (tertiary/aromatic N) is 4. The van der Waals surface area contributed by atoms with E-state index in [4.69, 9.17) is 5.26 Å². The average Bonchev–Trinajstić information content (AvgIpc) is 2.56. The summed E-state index contributed by atoms with van der Waals surface area (Å²) in [7, 11) is 0. The van der Waals surface area contributed by atoms with E-state index in [0.29, 0.717) is 5.69 Å². The molecule has 1 aromatic heterocycles. The first-order valence-electron chi connectivity index (χ1n) is 7.33. The van der Waals surface area contributed by atoms with Crippen molar-refractivity contribution in [2.45, 2.75) is 6.54 Å². The molecule has 1 aliphatic rings. The summed E-state index contributed by atoms with van der Waals surface area (Å²) in [4.78, 5) is 8.47. The van der Waals surface area contributed by atoms with E-state index in [-0.39, 0.29) is 5.56 Å². The SMILES string of the molecule is N#Cc1c(F)cccc1N1CCN(Cc2ccncc2)CC1. The van der Waals surface area contributed by atoms with Crippen molar-refractivity contribution in [3.05, 3.63) is 59.7 Å². The van der Waals surface area contributed by atoms with E-state index in [9.17, 15) is 4.39 Å². The highest BCUT2D eigenvalue weighted by Gasteiger charge is 2.20. The molecule has 2 heterocycles. The van der Waals surface area contributed by atoms with Crippen LogP contribution < -0.4 is 4.90 Å². The summed E-state index contributed by atoms with van der Waals surface area (Å²) in [5.74, 6) is -0.445. The molecule has 0 spiro atoms. The molecule has 0 saturated carbocycles. The van der Waals surface area contributed by atoms with Crippen molar-refractivity contribution in [3.8, 4) is 6.07 Å². The van der Waals surface area contributed by atoms with Gasteiger partial charge in [0.25, 0.3) is 0 Å². The third-order valence-electron chi connectivity index (χ3n) is 3.97. The molecule has 1 aromatic carbocycles. The second-order valence-electron chi connectivity index (χ2n) is 5.36. The van der Waals surface area contributed by atoms with Crippen molar-refractivity contribution in [1.82, 2.24) is 9.88 Å². The topological polar surface area (TPSA) is 43.2 Å². The van der Waals surface area contributed by atoms with Crippen LogP contribution in [0.1, 0.15) is 11.1 Å². The fourth-order valence-corrected chi connectivity index (χ4v) is 2.78. The summed E-state index contributed by atoms with van der Waals surface area (Å²) in [6.07, 6.45) is 3.61. The lowest BCUT2D eigenvalue weighted by Crippen LogP contribution is -2.46. The second kappa shape index (κ2) is 6.54. The number of aromatic nitrogens is 1. The van der Waals surface area contributed by atoms with Gasteiger partial charge in [-0.2, -0.15) is 5.26 Å². The Morgan fingerprint density at radius 2 is 1.82 bits per heavy atom. The molecular weight excluding hydrogens is 279 g/mol. The molecule has 1 aliphatic heterocycles. The Bertz CT molecular complexity index is 673. The Hall–Kier alpha value is -2.45.